The van der Waals surface area contributed by atoms with Gasteiger partial charge in [0.05, 0.1) is 19.1 Å². The molecule has 3 aromatic carbocycles. The molecule has 1 saturated heterocycles. The van der Waals surface area contributed by atoms with Crippen LogP contribution in [0.3, 0.4) is 0 Å². The minimum Gasteiger partial charge on any atom is -0.432 e. The van der Waals surface area contributed by atoms with Crippen molar-refractivity contribution in [2.45, 2.75) is 45.0 Å². The van der Waals surface area contributed by atoms with E-state index in [9.17, 15) is 26.3 Å². The van der Waals surface area contributed by atoms with Crippen molar-refractivity contribution in [1.29, 1.82) is 0 Å². The molecule has 0 radical (unpaired) electrons. The van der Waals surface area contributed by atoms with E-state index < -0.39 is 35.3 Å². The first-order valence-electron chi connectivity index (χ1n) is 13.0. The monoisotopic (exact) mass is 550 g/mol. The molecule has 0 amide bonds. The molecule has 1 aliphatic carbocycles. The molecule has 39 heavy (non-hydrogen) atoms. The van der Waals surface area contributed by atoms with Crippen molar-refractivity contribution >= 4 is 0 Å². The molecule has 1 aliphatic heterocycles. The minimum absolute atomic E-state index is 0.0202. The van der Waals surface area contributed by atoms with Crippen LogP contribution in [0.5, 0.6) is 5.75 Å². The second-order valence-electron chi connectivity index (χ2n) is 10.4. The zero-order valence-electron chi connectivity index (χ0n) is 21.2. The van der Waals surface area contributed by atoms with Gasteiger partial charge < -0.3 is 14.2 Å². The van der Waals surface area contributed by atoms with Crippen molar-refractivity contribution in [3.8, 4) is 28.0 Å². The molecule has 5 rings (SSSR count). The third-order valence-electron chi connectivity index (χ3n) is 7.43. The van der Waals surface area contributed by atoms with Crippen LogP contribution in [-0.2, 0) is 9.47 Å². The first kappa shape index (κ1) is 27.5. The lowest BCUT2D eigenvalue weighted by atomic mass is 9.81. The molecule has 0 unspecified atom stereocenters. The van der Waals surface area contributed by atoms with Gasteiger partial charge in [0, 0.05) is 17.4 Å². The fourth-order valence-electron chi connectivity index (χ4n) is 5.21. The zero-order valence-corrected chi connectivity index (χ0v) is 21.2. The predicted molar refractivity (Wildman–Crippen MR) is 133 cm³/mol. The lowest BCUT2D eigenvalue weighted by molar-refractivity contribution is -0.246. The smallest absolute Gasteiger partial charge is 0.400 e. The summed E-state index contributed by atoms with van der Waals surface area (Å²) in [6.45, 7) is 3.27. The van der Waals surface area contributed by atoms with Crippen LogP contribution >= 0.6 is 0 Å². The van der Waals surface area contributed by atoms with E-state index in [4.69, 9.17) is 14.2 Å². The molecule has 0 spiro atoms. The van der Waals surface area contributed by atoms with Gasteiger partial charge in [0.15, 0.2) is 23.7 Å². The second-order valence-corrected chi connectivity index (χ2v) is 10.4. The maximum absolute atomic E-state index is 15.0. The van der Waals surface area contributed by atoms with Crippen LogP contribution < -0.4 is 4.74 Å². The highest BCUT2D eigenvalue weighted by atomic mass is 19.3. The summed E-state index contributed by atoms with van der Waals surface area (Å²) >= 11 is 0. The Bertz CT molecular complexity index is 1270. The Hall–Kier alpha value is -3.04. The van der Waals surface area contributed by atoms with Crippen LogP contribution in [0, 0.1) is 41.0 Å². The normalized spacial score (nSPS) is 24.0. The summed E-state index contributed by atoms with van der Waals surface area (Å²) in [4.78, 5) is 0. The van der Waals surface area contributed by atoms with Crippen molar-refractivity contribution in [2.24, 2.45) is 17.8 Å². The lowest BCUT2D eigenvalue weighted by Crippen LogP contribution is -2.41. The Morgan fingerprint density at radius 1 is 0.718 bits per heavy atom. The molecule has 3 nitrogen and oxygen atoms in total. The largest absolute Gasteiger partial charge is 0.432 e. The molecule has 0 bridgehead atoms. The van der Waals surface area contributed by atoms with Gasteiger partial charge in [-0.25, -0.2) is 17.6 Å². The van der Waals surface area contributed by atoms with Gasteiger partial charge in [-0.2, -0.15) is 8.78 Å². The third kappa shape index (κ3) is 6.09. The fraction of sp³-hybridized carbons (Fsp3) is 0.400. The van der Waals surface area contributed by atoms with E-state index in [-0.39, 0.29) is 29.1 Å². The van der Waals surface area contributed by atoms with E-state index in [1.807, 2.05) is 6.92 Å². The van der Waals surface area contributed by atoms with Crippen LogP contribution in [0.4, 0.5) is 26.3 Å². The first-order chi connectivity index (χ1) is 18.6. The van der Waals surface area contributed by atoms with Crippen LogP contribution in [0.1, 0.15) is 32.6 Å². The van der Waals surface area contributed by atoms with Crippen molar-refractivity contribution in [3.63, 3.8) is 0 Å². The van der Waals surface area contributed by atoms with Gasteiger partial charge in [-0.1, -0.05) is 31.2 Å². The predicted octanol–water partition coefficient (Wildman–Crippen LogP) is 8.36. The van der Waals surface area contributed by atoms with Gasteiger partial charge in [0.2, 0.25) is 0 Å². The maximum atomic E-state index is 15.0. The van der Waals surface area contributed by atoms with Gasteiger partial charge in [-0.05, 0) is 72.7 Å². The van der Waals surface area contributed by atoms with Gasteiger partial charge >= 0.3 is 6.11 Å². The first-order valence-corrected chi connectivity index (χ1v) is 13.0. The average Bonchev–Trinajstić information content (AvgIpc) is 2.92. The molecule has 1 saturated carbocycles. The molecule has 0 aromatic heterocycles. The summed E-state index contributed by atoms with van der Waals surface area (Å²) < 4.78 is 102. The number of rotatable bonds is 6. The van der Waals surface area contributed by atoms with Gasteiger partial charge in [-0.15, -0.1) is 0 Å². The van der Waals surface area contributed by atoms with E-state index in [1.54, 1.807) is 0 Å². The van der Waals surface area contributed by atoms with Crippen molar-refractivity contribution in [3.05, 3.63) is 77.9 Å². The molecule has 3 aromatic rings. The average molecular weight is 551 g/mol. The summed E-state index contributed by atoms with van der Waals surface area (Å²) in [5, 5.41) is 0. The van der Waals surface area contributed by atoms with Crippen molar-refractivity contribution in [1.82, 2.24) is 0 Å². The van der Waals surface area contributed by atoms with Gasteiger partial charge in [-0.3, -0.25) is 0 Å². The quantitative estimate of drug-likeness (QED) is 0.228. The highest BCUT2D eigenvalue weighted by Gasteiger charge is 2.45. The van der Waals surface area contributed by atoms with Crippen molar-refractivity contribution in [2.75, 3.05) is 13.2 Å². The number of hydrogen-bond acceptors (Lipinski definition) is 3. The molecule has 2 aliphatic rings. The Morgan fingerprint density at radius 2 is 1.28 bits per heavy atom. The van der Waals surface area contributed by atoms with E-state index >= 15 is 0 Å². The van der Waals surface area contributed by atoms with E-state index in [1.165, 1.54) is 36.4 Å². The Kier molecular flexibility index (Phi) is 7.91. The second kappa shape index (κ2) is 11.2. The fourth-order valence-corrected chi connectivity index (χ4v) is 5.21. The Labute approximate surface area is 222 Å². The summed E-state index contributed by atoms with van der Waals surface area (Å²) in [7, 11) is 0. The van der Waals surface area contributed by atoms with Crippen molar-refractivity contribution < 1.29 is 40.6 Å². The van der Waals surface area contributed by atoms with Crippen LogP contribution in [-0.4, -0.2) is 25.6 Å². The molecule has 0 atom stereocenters. The number of benzene rings is 3. The Morgan fingerprint density at radius 3 is 1.87 bits per heavy atom. The topological polar surface area (TPSA) is 27.7 Å². The molecular weight excluding hydrogens is 522 g/mol. The zero-order chi connectivity index (χ0) is 27.7. The van der Waals surface area contributed by atoms with E-state index in [0.717, 1.165) is 6.07 Å². The molecule has 0 N–H and O–H groups in total. The van der Waals surface area contributed by atoms with Crippen LogP contribution in [0.15, 0.2) is 54.6 Å². The summed E-state index contributed by atoms with van der Waals surface area (Å²) in [5.41, 5.74) is 0.679. The maximum Gasteiger partial charge on any atom is 0.400 e. The molecule has 1 heterocycles. The number of halogens is 6. The van der Waals surface area contributed by atoms with E-state index in [2.05, 4.69) is 0 Å². The molecule has 9 heteroatoms. The summed E-state index contributed by atoms with van der Waals surface area (Å²) in [5.74, 6) is -5.78. The number of hydrogen-bond donors (Lipinski definition) is 0. The highest BCUT2D eigenvalue weighted by molar-refractivity contribution is 5.71. The lowest BCUT2D eigenvalue weighted by Gasteiger charge is -2.38. The van der Waals surface area contributed by atoms with Crippen LogP contribution in [0.25, 0.3) is 22.3 Å². The standard InChI is InChI=1S/C30H28F6O3/c1-17-15-37-29(38-16-17)19-2-7-22(8-3-19)30(35,36)39-23-9-4-18(5-10-23)20-6-11-24(25(31)12-20)21-13-26(32)28(34)27(33)14-21/h4-6,9-14,17,19,22,29H,2-3,7-8,15-16H2,1H3. The van der Waals surface area contributed by atoms with Gasteiger partial charge in [0.1, 0.15) is 11.6 Å². The van der Waals surface area contributed by atoms with Crippen LogP contribution in [0.2, 0.25) is 0 Å². The minimum atomic E-state index is -3.36. The SMILES string of the molecule is CC1COC(C2CCC(C(F)(F)Oc3ccc(-c4ccc(-c5cc(F)c(F)c(F)c5)c(F)c4)cc3)CC2)OC1. The number of alkyl halides is 2. The Balaban J connectivity index is 1.21. The number of ether oxygens (including phenoxy) is 3. The van der Waals surface area contributed by atoms with E-state index in [0.29, 0.717) is 68.1 Å². The molecule has 208 valence electrons. The highest BCUT2D eigenvalue weighted by Crippen LogP contribution is 2.42. The van der Waals surface area contributed by atoms with Gasteiger partial charge in [0.25, 0.3) is 0 Å². The summed E-state index contributed by atoms with van der Waals surface area (Å²) in [6, 6.07) is 11.2. The molecule has 2 fully saturated rings. The third-order valence-corrected chi connectivity index (χ3v) is 7.43. The summed E-state index contributed by atoms with van der Waals surface area (Å²) in [6.07, 6.45) is -1.96. The molecular formula is C30H28F6O3.